The molecule has 0 spiro atoms. The number of benzene rings is 2. The normalized spacial score (nSPS) is 10.5. The lowest BCUT2D eigenvalue weighted by molar-refractivity contribution is 0.0996. The highest BCUT2D eigenvalue weighted by atomic mass is 32.1. The first-order valence-electron chi connectivity index (χ1n) is 5.62. The third-order valence-corrected chi connectivity index (χ3v) is 3.40. The number of carbonyl (C=O) groups excluding carboxylic acids is 1. The van der Waals surface area contributed by atoms with Crippen LogP contribution in [0.15, 0.2) is 42.5 Å². The molecule has 0 unspecified atom stereocenters. The van der Waals surface area contributed by atoms with Gasteiger partial charge in [-0.3, -0.25) is 4.79 Å². The number of nitrogens with zero attached hydrogens (tertiary/aromatic N) is 2. The quantitative estimate of drug-likeness (QED) is 0.766. The molecule has 2 aromatic carbocycles. The van der Waals surface area contributed by atoms with E-state index in [0.29, 0.717) is 5.00 Å². The lowest BCUT2D eigenvalue weighted by atomic mass is 10.1. The van der Waals surface area contributed by atoms with Gasteiger partial charge >= 0.3 is 0 Å². The van der Waals surface area contributed by atoms with Crippen molar-refractivity contribution in [1.82, 2.24) is 9.59 Å². The molecule has 0 fully saturated rings. The molecule has 0 saturated carbocycles. The topological polar surface area (TPSA) is 80.9 Å². The Morgan fingerprint density at radius 3 is 2.79 bits per heavy atom. The predicted octanol–water partition coefficient (Wildman–Crippen LogP) is 2.53. The molecule has 5 nitrogen and oxygen atoms in total. The Hall–Kier alpha value is -2.47. The van der Waals surface area contributed by atoms with Crippen molar-refractivity contribution in [3.05, 3.63) is 48.2 Å². The molecule has 0 saturated heterocycles. The monoisotopic (exact) mass is 270 g/mol. The third kappa shape index (κ3) is 2.13. The van der Waals surface area contributed by atoms with Crippen LogP contribution in [0, 0.1) is 0 Å². The third-order valence-electron chi connectivity index (χ3n) is 2.76. The minimum Gasteiger partial charge on any atom is -0.364 e. The van der Waals surface area contributed by atoms with Gasteiger partial charge < -0.3 is 11.1 Å². The summed E-state index contributed by atoms with van der Waals surface area (Å²) in [4.78, 5) is 11.2. The number of hydrogen-bond acceptors (Lipinski definition) is 5. The van der Waals surface area contributed by atoms with Crippen molar-refractivity contribution in [2.45, 2.75) is 0 Å². The van der Waals surface area contributed by atoms with Gasteiger partial charge in [-0.05, 0) is 11.5 Å². The molecule has 0 aliphatic heterocycles. The Morgan fingerprint density at radius 2 is 1.95 bits per heavy atom. The number of carbonyl (C=O) groups is 1. The maximum Gasteiger partial charge on any atom is 0.272 e. The fourth-order valence-corrected chi connectivity index (χ4v) is 2.48. The highest BCUT2D eigenvalue weighted by molar-refractivity contribution is 7.10. The van der Waals surface area contributed by atoms with Crippen molar-refractivity contribution in [1.29, 1.82) is 0 Å². The van der Waals surface area contributed by atoms with E-state index in [1.165, 1.54) is 0 Å². The second kappa shape index (κ2) is 4.66. The van der Waals surface area contributed by atoms with Gasteiger partial charge in [0.05, 0.1) is 0 Å². The Kier molecular flexibility index (Phi) is 2.85. The van der Waals surface area contributed by atoms with Crippen LogP contribution >= 0.6 is 11.5 Å². The first-order chi connectivity index (χ1) is 9.25. The number of primary amides is 1. The smallest absolute Gasteiger partial charge is 0.272 e. The van der Waals surface area contributed by atoms with E-state index < -0.39 is 5.91 Å². The van der Waals surface area contributed by atoms with E-state index in [-0.39, 0.29) is 5.69 Å². The maximum atomic E-state index is 11.2. The van der Waals surface area contributed by atoms with Crippen molar-refractivity contribution < 1.29 is 4.79 Å². The largest absolute Gasteiger partial charge is 0.364 e. The summed E-state index contributed by atoms with van der Waals surface area (Å²) >= 11 is 1.11. The van der Waals surface area contributed by atoms with Gasteiger partial charge in [0.15, 0.2) is 5.69 Å². The summed E-state index contributed by atoms with van der Waals surface area (Å²) in [6.07, 6.45) is 0. The van der Waals surface area contributed by atoms with E-state index in [0.717, 1.165) is 28.0 Å². The van der Waals surface area contributed by atoms with E-state index in [9.17, 15) is 4.79 Å². The van der Waals surface area contributed by atoms with Crippen LogP contribution in [-0.4, -0.2) is 15.5 Å². The van der Waals surface area contributed by atoms with Crippen LogP contribution in [0.3, 0.4) is 0 Å². The number of hydrogen-bond donors (Lipinski definition) is 2. The number of rotatable bonds is 3. The highest BCUT2D eigenvalue weighted by Crippen LogP contribution is 2.28. The van der Waals surface area contributed by atoms with Gasteiger partial charge in [0.25, 0.3) is 5.91 Å². The van der Waals surface area contributed by atoms with E-state index in [1.54, 1.807) is 0 Å². The molecule has 0 radical (unpaired) electrons. The Labute approximate surface area is 113 Å². The number of aromatic nitrogens is 2. The summed E-state index contributed by atoms with van der Waals surface area (Å²) in [5.74, 6) is -0.587. The zero-order valence-corrected chi connectivity index (χ0v) is 10.6. The first-order valence-corrected chi connectivity index (χ1v) is 6.40. The van der Waals surface area contributed by atoms with Crippen LogP contribution < -0.4 is 11.1 Å². The van der Waals surface area contributed by atoms with E-state index in [1.807, 2.05) is 42.5 Å². The van der Waals surface area contributed by atoms with Gasteiger partial charge in [0.2, 0.25) is 0 Å². The first kappa shape index (κ1) is 11.6. The lowest BCUT2D eigenvalue weighted by Crippen LogP contribution is -2.13. The minimum absolute atomic E-state index is 0.165. The lowest BCUT2D eigenvalue weighted by Gasteiger charge is -2.07. The SMILES string of the molecule is NC(=O)c1nnsc1Nc1cccc2ccccc12. The maximum absolute atomic E-state index is 11.2. The molecule has 3 rings (SSSR count). The number of nitrogens with one attached hydrogen (secondary N) is 1. The van der Waals surface area contributed by atoms with Crippen LogP contribution in [0.4, 0.5) is 10.7 Å². The fraction of sp³-hybridized carbons (Fsp3) is 0. The van der Waals surface area contributed by atoms with Crippen LogP contribution in [0.2, 0.25) is 0 Å². The second-order valence-electron chi connectivity index (χ2n) is 3.97. The fourth-order valence-electron chi connectivity index (χ4n) is 1.89. The van der Waals surface area contributed by atoms with E-state index in [4.69, 9.17) is 5.73 Å². The summed E-state index contributed by atoms with van der Waals surface area (Å²) < 4.78 is 3.75. The molecule has 3 aromatic rings. The van der Waals surface area contributed by atoms with Crippen molar-refractivity contribution in [2.24, 2.45) is 5.73 Å². The zero-order chi connectivity index (χ0) is 13.2. The molecule has 94 valence electrons. The molecular formula is C13H10N4OS. The second-order valence-corrected chi connectivity index (χ2v) is 4.72. The highest BCUT2D eigenvalue weighted by Gasteiger charge is 2.14. The number of nitrogens with two attached hydrogens (primary N) is 1. The summed E-state index contributed by atoms with van der Waals surface area (Å²) in [6.45, 7) is 0. The van der Waals surface area contributed by atoms with Gasteiger partial charge in [-0.15, -0.1) is 5.10 Å². The molecule has 1 amide bonds. The average Bonchev–Trinajstić information content (AvgIpc) is 2.87. The summed E-state index contributed by atoms with van der Waals surface area (Å²) in [6, 6.07) is 13.9. The molecule has 0 aliphatic carbocycles. The molecule has 1 aromatic heterocycles. The summed E-state index contributed by atoms with van der Waals surface area (Å²) in [5, 5.41) is 9.63. The molecule has 19 heavy (non-hydrogen) atoms. The zero-order valence-electron chi connectivity index (χ0n) is 9.83. The van der Waals surface area contributed by atoms with Crippen molar-refractivity contribution >= 4 is 38.9 Å². The molecular weight excluding hydrogens is 260 g/mol. The summed E-state index contributed by atoms with van der Waals surface area (Å²) in [7, 11) is 0. The van der Waals surface area contributed by atoms with Gasteiger partial charge in [0, 0.05) is 22.6 Å². The van der Waals surface area contributed by atoms with Crippen molar-refractivity contribution in [3.8, 4) is 0 Å². The van der Waals surface area contributed by atoms with Crippen LogP contribution in [-0.2, 0) is 0 Å². The minimum atomic E-state index is -0.587. The molecule has 0 aliphatic rings. The van der Waals surface area contributed by atoms with E-state index >= 15 is 0 Å². The van der Waals surface area contributed by atoms with Gasteiger partial charge in [0.1, 0.15) is 5.00 Å². The number of fused-ring (bicyclic) bond motifs is 1. The van der Waals surface area contributed by atoms with E-state index in [2.05, 4.69) is 14.9 Å². The Bertz CT molecular complexity index is 748. The van der Waals surface area contributed by atoms with Crippen LogP contribution in [0.25, 0.3) is 10.8 Å². The Balaban J connectivity index is 2.06. The van der Waals surface area contributed by atoms with Gasteiger partial charge in [-0.2, -0.15) is 0 Å². The number of anilines is 2. The predicted molar refractivity (Wildman–Crippen MR) is 75.7 cm³/mol. The number of amides is 1. The average molecular weight is 270 g/mol. The van der Waals surface area contributed by atoms with Crippen molar-refractivity contribution in [3.63, 3.8) is 0 Å². The van der Waals surface area contributed by atoms with Gasteiger partial charge in [-0.1, -0.05) is 40.9 Å². The van der Waals surface area contributed by atoms with Crippen LogP contribution in [0.5, 0.6) is 0 Å². The standard InChI is InChI=1S/C13H10N4OS/c14-12(18)11-13(19-17-16-11)15-10-7-3-5-8-4-1-2-6-9(8)10/h1-7,15H,(H2,14,18). The Morgan fingerprint density at radius 1 is 1.16 bits per heavy atom. The van der Waals surface area contributed by atoms with Crippen LogP contribution in [0.1, 0.15) is 10.5 Å². The molecule has 0 bridgehead atoms. The molecule has 1 heterocycles. The summed E-state index contributed by atoms with van der Waals surface area (Å²) in [5.41, 5.74) is 6.31. The molecule has 3 N–H and O–H groups in total. The van der Waals surface area contributed by atoms with Crippen molar-refractivity contribution in [2.75, 3.05) is 5.32 Å². The molecule has 6 heteroatoms. The van der Waals surface area contributed by atoms with Gasteiger partial charge in [-0.25, -0.2) is 0 Å². The molecule has 0 atom stereocenters.